The number of likely N-dealkylation sites (N-methyl/N-ethyl adjacent to an activating group) is 1. The zero-order valence-corrected chi connectivity index (χ0v) is 8.05. The van der Waals surface area contributed by atoms with E-state index in [0.29, 0.717) is 12.3 Å². The van der Waals surface area contributed by atoms with Gasteiger partial charge in [0.1, 0.15) is 0 Å². The van der Waals surface area contributed by atoms with Crippen molar-refractivity contribution in [3.8, 4) is 0 Å². The number of nitrogens with zero attached hydrogens (tertiary/aromatic N) is 2. The third-order valence-electron chi connectivity index (χ3n) is 2.37. The highest BCUT2D eigenvalue weighted by atomic mass is 16.2. The number of rotatable bonds is 1. The monoisotopic (exact) mass is 186 g/mol. The van der Waals surface area contributed by atoms with Crippen LogP contribution in [0.25, 0.3) is 0 Å². The normalized spacial score (nSPS) is 19.1. The van der Waals surface area contributed by atoms with Crippen LogP contribution in [0, 0.1) is 0 Å². The van der Waals surface area contributed by atoms with E-state index in [-0.39, 0.29) is 7.43 Å². The zero-order chi connectivity index (χ0) is 8.97. The van der Waals surface area contributed by atoms with E-state index in [2.05, 4.69) is 11.9 Å². The number of carbonyl (C=O) groups is 1. The predicted octanol–water partition coefficient (Wildman–Crippen LogP) is 1.20. The molecular formula is C10H22N2O. The molecule has 78 valence electrons. The first kappa shape index (κ1) is 12.4. The van der Waals surface area contributed by atoms with Crippen molar-refractivity contribution in [2.45, 2.75) is 27.2 Å². The van der Waals surface area contributed by atoms with Gasteiger partial charge >= 0.3 is 0 Å². The third-order valence-corrected chi connectivity index (χ3v) is 2.37. The van der Waals surface area contributed by atoms with Crippen molar-refractivity contribution in [2.24, 2.45) is 0 Å². The lowest BCUT2D eigenvalue weighted by Gasteiger charge is -2.19. The van der Waals surface area contributed by atoms with E-state index in [9.17, 15) is 4.79 Å². The Balaban J connectivity index is 0.00000144. The molecule has 1 heterocycles. The smallest absolute Gasteiger partial charge is 0.222 e. The first-order chi connectivity index (χ1) is 5.74. The summed E-state index contributed by atoms with van der Waals surface area (Å²) in [6.07, 6.45) is 1.76. The minimum Gasteiger partial charge on any atom is -0.341 e. The molecule has 0 aromatic heterocycles. The molecule has 1 amide bonds. The van der Waals surface area contributed by atoms with Crippen LogP contribution in [0.1, 0.15) is 27.2 Å². The van der Waals surface area contributed by atoms with Crippen LogP contribution in [0.15, 0.2) is 0 Å². The molecule has 3 nitrogen and oxygen atoms in total. The van der Waals surface area contributed by atoms with Crippen LogP contribution >= 0.6 is 0 Å². The molecule has 3 heteroatoms. The molecule has 0 saturated carbocycles. The summed E-state index contributed by atoms with van der Waals surface area (Å²) in [5.74, 6) is 0.297. The van der Waals surface area contributed by atoms with Crippen molar-refractivity contribution in [2.75, 3.05) is 33.2 Å². The summed E-state index contributed by atoms with van der Waals surface area (Å²) in [7, 11) is 2.11. The molecule has 1 fully saturated rings. The van der Waals surface area contributed by atoms with Crippen molar-refractivity contribution in [3.05, 3.63) is 0 Å². The second-order valence-corrected chi connectivity index (χ2v) is 3.39. The quantitative estimate of drug-likeness (QED) is 0.614. The Hall–Kier alpha value is -0.570. The van der Waals surface area contributed by atoms with Crippen molar-refractivity contribution in [1.82, 2.24) is 9.80 Å². The minimum atomic E-state index is 0. The average molecular weight is 186 g/mol. The van der Waals surface area contributed by atoms with Gasteiger partial charge in [0.25, 0.3) is 0 Å². The first-order valence-electron chi connectivity index (χ1n) is 4.70. The molecule has 1 aliphatic heterocycles. The van der Waals surface area contributed by atoms with E-state index in [1.807, 2.05) is 11.8 Å². The van der Waals surface area contributed by atoms with Gasteiger partial charge in [-0.2, -0.15) is 0 Å². The van der Waals surface area contributed by atoms with E-state index in [1.165, 1.54) is 0 Å². The number of hydrogen-bond acceptors (Lipinski definition) is 2. The Kier molecular flexibility index (Phi) is 5.71. The van der Waals surface area contributed by atoms with Crippen LogP contribution in [-0.4, -0.2) is 48.9 Å². The SMILES string of the molecule is C.CCC(=O)N1CCCN(C)CC1. The minimum absolute atomic E-state index is 0. The van der Waals surface area contributed by atoms with E-state index >= 15 is 0 Å². The van der Waals surface area contributed by atoms with Gasteiger partial charge in [0, 0.05) is 26.1 Å². The molecular weight excluding hydrogens is 164 g/mol. The molecule has 0 atom stereocenters. The van der Waals surface area contributed by atoms with Crippen molar-refractivity contribution >= 4 is 5.91 Å². The van der Waals surface area contributed by atoms with Crippen molar-refractivity contribution < 1.29 is 4.79 Å². The summed E-state index contributed by atoms with van der Waals surface area (Å²) in [6, 6.07) is 0. The van der Waals surface area contributed by atoms with Crippen LogP contribution in [0.3, 0.4) is 0 Å². The zero-order valence-electron chi connectivity index (χ0n) is 8.05. The van der Waals surface area contributed by atoms with E-state index in [1.54, 1.807) is 0 Å². The lowest BCUT2D eigenvalue weighted by molar-refractivity contribution is -0.130. The summed E-state index contributed by atoms with van der Waals surface area (Å²) < 4.78 is 0. The molecule has 1 saturated heterocycles. The van der Waals surface area contributed by atoms with Crippen LogP contribution in [0.5, 0.6) is 0 Å². The maximum atomic E-state index is 11.3. The molecule has 0 N–H and O–H groups in total. The molecule has 1 rings (SSSR count). The fraction of sp³-hybridized carbons (Fsp3) is 0.900. The number of hydrogen-bond donors (Lipinski definition) is 0. The largest absolute Gasteiger partial charge is 0.341 e. The van der Waals surface area contributed by atoms with Gasteiger partial charge in [0.05, 0.1) is 0 Å². The number of carbonyl (C=O) groups excluding carboxylic acids is 1. The van der Waals surface area contributed by atoms with E-state index in [0.717, 1.165) is 32.6 Å². The van der Waals surface area contributed by atoms with Crippen molar-refractivity contribution in [3.63, 3.8) is 0 Å². The van der Waals surface area contributed by atoms with Gasteiger partial charge in [-0.05, 0) is 20.0 Å². The van der Waals surface area contributed by atoms with Crippen molar-refractivity contribution in [1.29, 1.82) is 0 Å². The third kappa shape index (κ3) is 3.77. The molecule has 0 aromatic rings. The molecule has 0 unspecified atom stereocenters. The van der Waals surface area contributed by atoms with Crippen LogP contribution in [0.4, 0.5) is 0 Å². The van der Waals surface area contributed by atoms with Gasteiger partial charge in [0.2, 0.25) is 5.91 Å². The Morgan fingerprint density at radius 2 is 1.92 bits per heavy atom. The summed E-state index contributed by atoms with van der Waals surface area (Å²) in [6.45, 7) is 5.91. The Labute approximate surface area is 81.7 Å². The lowest BCUT2D eigenvalue weighted by Crippen LogP contribution is -2.33. The van der Waals surface area contributed by atoms with E-state index < -0.39 is 0 Å². The molecule has 0 spiro atoms. The van der Waals surface area contributed by atoms with Crippen LogP contribution in [-0.2, 0) is 4.79 Å². The fourth-order valence-electron chi connectivity index (χ4n) is 1.52. The number of amides is 1. The maximum absolute atomic E-state index is 11.3. The van der Waals surface area contributed by atoms with Gasteiger partial charge < -0.3 is 9.80 Å². The van der Waals surface area contributed by atoms with E-state index in [4.69, 9.17) is 0 Å². The predicted molar refractivity (Wildman–Crippen MR) is 55.7 cm³/mol. The Morgan fingerprint density at radius 1 is 1.23 bits per heavy atom. The van der Waals surface area contributed by atoms with Crippen LogP contribution < -0.4 is 0 Å². The molecule has 0 bridgehead atoms. The standard InChI is InChI=1S/C9H18N2O.CH4/c1-3-9(12)11-6-4-5-10(2)7-8-11;/h3-8H2,1-2H3;1H4. The Morgan fingerprint density at radius 3 is 2.54 bits per heavy atom. The van der Waals surface area contributed by atoms with Gasteiger partial charge in [-0.25, -0.2) is 0 Å². The molecule has 0 aromatic carbocycles. The average Bonchev–Trinajstić information content (AvgIpc) is 2.29. The highest BCUT2D eigenvalue weighted by molar-refractivity contribution is 5.75. The second kappa shape index (κ2) is 5.97. The second-order valence-electron chi connectivity index (χ2n) is 3.39. The lowest BCUT2D eigenvalue weighted by atomic mass is 10.3. The highest BCUT2D eigenvalue weighted by Crippen LogP contribution is 2.02. The summed E-state index contributed by atoms with van der Waals surface area (Å²) in [5.41, 5.74) is 0. The fourth-order valence-corrected chi connectivity index (χ4v) is 1.52. The summed E-state index contributed by atoms with van der Waals surface area (Å²) in [5, 5.41) is 0. The highest BCUT2D eigenvalue weighted by Gasteiger charge is 2.14. The molecule has 0 aliphatic carbocycles. The Bertz CT molecular complexity index is 159. The van der Waals surface area contributed by atoms with Gasteiger partial charge in [-0.1, -0.05) is 14.4 Å². The summed E-state index contributed by atoms with van der Waals surface area (Å²) in [4.78, 5) is 15.6. The van der Waals surface area contributed by atoms with Crippen LogP contribution in [0.2, 0.25) is 0 Å². The van der Waals surface area contributed by atoms with Gasteiger partial charge in [-0.15, -0.1) is 0 Å². The first-order valence-corrected chi connectivity index (χ1v) is 4.70. The summed E-state index contributed by atoms with van der Waals surface area (Å²) >= 11 is 0. The maximum Gasteiger partial charge on any atom is 0.222 e. The van der Waals surface area contributed by atoms with Gasteiger partial charge in [-0.3, -0.25) is 4.79 Å². The van der Waals surface area contributed by atoms with Gasteiger partial charge in [0.15, 0.2) is 0 Å². The molecule has 0 radical (unpaired) electrons. The molecule has 13 heavy (non-hydrogen) atoms. The molecule has 1 aliphatic rings. The topological polar surface area (TPSA) is 23.6 Å².